The molecule has 0 aliphatic carbocycles. The molecule has 0 aromatic heterocycles. The number of hydrogen-bond donors (Lipinski definition) is 1. The molecule has 0 bridgehead atoms. The fraction of sp³-hybridized carbons (Fsp3) is 0.500. The number of ether oxygens (including phenoxy) is 2. The lowest BCUT2D eigenvalue weighted by molar-refractivity contribution is -0.140. The Morgan fingerprint density at radius 3 is 2.42 bits per heavy atom. The molecule has 1 aromatic carbocycles. The Hall–Kier alpha value is -1.91. The van der Waals surface area contributed by atoms with Crippen molar-refractivity contribution in [2.24, 2.45) is 5.92 Å². The quantitative estimate of drug-likeness (QED) is 0.821. The number of carbonyl (C=O) groups is 1. The van der Waals surface area contributed by atoms with Gasteiger partial charge < -0.3 is 19.5 Å². The number of rotatable bonds is 7. The van der Waals surface area contributed by atoms with Crippen LogP contribution in [-0.4, -0.2) is 38.4 Å². The van der Waals surface area contributed by atoms with Gasteiger partial charge in [-0.15, -0.1) is 0 Å². The third-order valence-electron chi connectivity index (χ3n) is 3.03. The zero-order valence-corrected chi connectivity index (χ0v) is 11.8. The highest BCUT2D eigenvalue weighted by Gasteiger charge is 2.16. The van der Waals surface area contributed by atoms with Crippen LogP contribution in [0.2, 0.25) is 0 Å². The highest BCUT2D eigenvalue weighted by Crippen LogP contribution is 2.31. The van der Waals surface area contributed by atoms with Crippen LogP contribution < -0.4 is 14.4 Å². The standard InChI is InChI=1S/C14H21NO4/c1-5-15(9-10(2)14(16)17)11-6-7-12(18-3)13(8-11)19-4/h6-8,10H,5,9H2,1-4H3,(H,16,17). The molecule has 5 heteroatoms. The van der Waals surface area contributed by atoms with Crippen LogP contribution in [0.4, 0.5) is 5.69 Å². The van der Waals surface area contributed by atoms with Crippen LogP contribution in [0.15, 0.2) is 18.2 Å². The first-order chi connectivity index (χ1) is 9.03. The number of anilines is 1. The summed E-state index contributed by atoms with van der Waals surface area (Å²) in [5.41, 5.74) is 0.924. The first-order valence-electron chi connectivity index (χ1n) is 6.23. The Kier molecular flexibility index (Phi) is 5.48. The van der Waals surface area contributed by atoms with Crippen LogP contribution in [0.5, 0.6) is 11.5 Å². The van der Waals surface area contributed by atoms with Crippen molar-refractivity contribution in [3.05, 3.63) is 18.2 Å². The van der Waals surface area contributed by atoms with Gasteiger partial charge in [0.1, 0.15) is 0 Å². The monoisotopic (exact) mass is 267 g/mol. The van der Waals surface area contributed by atoms with Gasteiger partial charge in [-0.25, -0.2) is 0 Å². The molecular weight excluding hydrogens is 246 g/mol. The molecule has 1 atom stereocenters. The van der Waals surface area contributed by atoms with Gasteiger partial charge in [0.15, 0.2) is 11.5 Å². The molecule has 0 saturated carbocycles. The van der Waals surface area contributed by atoms with Crippen molar-refractivity contribution >= 4 is 11.7 Å². The number of aliphatic carboxylic acids is 1. The zero-order valence-electron chi connectivity index (χ0n) is 11.8. The molecule has 1 aromatic rings. The van der Waals surface area contributed by atoms with Crippen molar-refractivity contribution in [3.63, 3.8) is 0 Å². The topological polar surface area (TPSA) is 59.0 Å². The number of nitrogens with zero attached hydrogens (tertiary/aromatic N) is 1. The minimum atomic E-state index is -0.793. The summed E-state index contributed by atoms with van der Waals surface area (Å²) in [6, 6.07) is 5.58. The van der Waals surface area contributed by atoms with Crippen molar-refractivity contribution in [1.29, 1.82) is 0 Å². The maximum Gasteiger partial charge on any atom is 0.308 e. The van der Waals surface area contributed by atoms with E-state index in [0.717, 1.165) is 12.2 Å². The average Bonchev–Trinajstić information content (AvgIpc) is 2.43. The summed E-state index contributed by atoms with van der Waals surface area (Å²) >= 11 is 0. The summed E-state index contributed by atoms with van der Waals surface area (Å²) in [6.45, 7) is 4.88. The first kappa shape index (κ1) is 15.1. The second-order valence-electron chi connectivity index (χ2n) is 4.32. The van der Waals surface area contributed by atoms with Gasteiger partial charge in [-0.05, 0) is 19.1 Å². The van der Waals surface area contributed by atoms with Gasteiger partial charge in [0, 0.05) is 24.8 Å². The summed E-state index contributed by atoms with van der Waals surface area (Å²) in [6.07, 6.45) is 0. The first-order valence-corrected chi connectivity index (χ1v) is 6.23. The second kappa shape index (κ2) is 6.87. The predicted octanol–water partition coefficient (Wildman–Crippen LogP) is 2.25. The van der Waals surface area contributed by atoms with Crippen molar-refractivity contribution in [3.8, 4) is 11.5 Å². The Bertz CT molecular complexity index is 433. The van der Waals surface area contributed by atoms with E-state index in [2.05, 4.69) is 0 Å². The number of carboxylic acids is 1. The molecule has 5 nitrogen and oxygen atoms in total. The van der Waals surface area contributed by atoms with Crippen molar-refractivity contribution in [2.45, 2.75) is 13.8 Å². The third-order valence-corrected chi connectivity index (χ3v) is 3.03. The largest absolute Gasteiger partial charge is 0.493 e. The fourth-order valence-electron chi connectivity index (χ4n) is 1.85. The van der Waals surface area contributed by atoms with Crippen LogP contribution >= 0.6 is 0 Å². The van der Waals surface area contributed by atoms with E-state index in [-0.39, 0.29) is 0 Å². The van der Waals surface area contributed by atoms with Crippen molar-refractivity contribution in [2.75, 3.05) is 32.2 Å². The summed E-state index contributed by atoms with van der Waals surface area (Å²) in [7, 11) is 3.17. The molecule has 0 aliphatic rings. The van der Waals surface area contributed by atoms with Crippen molar-refractivity contribution in [1.82, 2.24) is 0 Å². The Morgan fingerprint density at radius 2 is 1.95 bits per heavy atom. The number of carboxylic acid groups (broad SMARTS) is 1. The summed E-state index contributed by atoms with van der Waals surface area (Å²) in [5, 5.41) is 8.98. The van der Waals surface area contributed by atoms with E-state index in [0.29, 0.717) is 18.0 Å². The highest BCUT2D eigenvalue weighted by molar-refractivity contribution is 5.70. The van der Waals surface area contributed by atoms with E-state index in [1.807, 2.05) is 30.0 Å². The Labute approximate surface area is 113 Å². The Balaban J connectivity index is 2.95. The zero-order chi connectivity index (χ0) is 14.4. The fourth-order valence-corrected chi connectivity index (χ4v) is 1.85. The lowest BCUT2D eigenvalue weighted by atomic mass is 10.1. The molecule has 0 heterocycles. The van der Waals surface area contributed by atoms with Gasteiger partial charge in [0.2, 0.25) is 0 Å². The second-order valence-corrected chi connectivity index (χ2v) is 4.32. The molecule has 19 heavy (non-hydrogen) atoms. The number of methoxy groups -OCH3 is 2. The van der Waals surface area contributed by atoms with Crippen LogP contribution in [0.1, 0.15) is 13.8 Å². The van der Waals surface area contributed by atoms with E-state index >= 15 is 0 Å². The molecule has 1 rings (SSSR count). The summed E-state index contributed by atoms with van der Waals surface area (Å²) in [4.78, 5) is 12.9. The van der Waals surface area contributed by atoms with Crippen LogP contribution in [0, 0.1) is 5.92 Å². The van der Waals surface area contributed by atoms with Gasteiger partial charge in [0.25, 0.3) is 0 Å². The number of benzene rings is 1. The summed E-state index contributed by atoms with van der Waals surface area (Å²) in [5.74, 6) is 0.0852. The minimum Gasteiger partial charge on any atom is -0.493 e. The van der Waals surface area contributed by atoms with Gasteiger partial charge in [-0.1, -0.05) is 6.92 Å². The number of hydrogen-bond acceptors (Lipinski definition) is 4. The van der Waals surface area contributed by atoms with Gasteiger partial charge in [-0.2, -0.15) is 0 Å². The average molecular weight is 267 g/mol. The minimum absolute atomic E-state index is 0.423. The van der Waals surface area contributed by atoms with E-state index in [9.17, 15) is 4.79 Å². The molecule has 0 fully saturated rings. The van der Waals surface area contributed by atoms with E-state index < -0.39 is 11.9 Å². The molecule has 106 valence electrons. The third kappa shape index (κ3) is 3.77. The van der Waals surface area contributed by atoms with E-state index in [1.165, 1.54) is 0 Å². The van der Waals surface area contributed by atoms with Crippen LogP contribution in [0.25, 0.3) is 0 Å². The Morgan fingerprint density at radius 1 is 1.32 bits per heavy atom. The van der Waals surface area contributed by atoms with E-state index in [1.54, 1.807) is 21.1 Å². The molecule has 0 aliphatic heterocycles. The molecule has 1 unspecified atom stereocenters. The molecule has 0 radical (unpaired) electrons. The van der Waals surface area contributed by atoms with Crippen molar-refractivity contribution < 1.29 is 19.4 Å². The molecule has 1 N–H and O–H groups in total. The van der Waals surface area contributed by atoms with Gasteiger partial charge >= 0.3 is 5.97 Å². The van der Waals surface area contributed by atoms with E-state index in [4.69, 9.17) is 14.6 Å². The van der Waals surface area contributed by atoms with Gasteiger partial charge in [-0.3, -0.25) is 4.79 Å². The molecular formula is C14H21NO4. The smallest absolute Gasteiger partial charge is 0.308 e. The maximum atomic E-state index is 10.9. The SMILES string of the molecule is CCN(CC(C)C(=O)O)c1ccc(OC)c(OC)c1. The molecule has 0 amide bonds. The lowest BCUT2D eigenvalue weighted by Crippen LogP contribution is -2.31. The van der Waals surface area contributed by atoms with Gasteiger partial charge in [0.05, 0.1) is 20.1 Å². The summed E-state index contributed by atoms with van der Waals surface area (Å²) < 4.78 is 10.4. The highest BCUT2D eigenvalue weighted by atomic mass is 16.5. The predicted molar refractivity (Wildman–Crippen MR) is 74.2 cm³/mol. The maximum absolute atomic E-state index is 10.9. The van der Waals surface area contributed by atoms with Crippen LogP contribution in [0.3, 0.4) is 0 Å². The normalized spacial score (nSPS) is 11.8. The lowest BCUT2D eigenvalue weighted by Gasteiger charge is -2.25. The molecule has 0 spiro atoms. The van der Waals surface area contributed by atoms with Crippen LogP contribution in [-0.2, 0) is 4.79 Å². The molecule has 0 saturated heterocycles.